The van der Waals surface area contributed by atoms with Crippen molar-refractivity contribution in [3.63, 3.8) is 0 Å². The van der Waals surface area contributed by atoms with Crippen molar-refractivity contribution in [1.29, 1.82) is 0 Å². The summed E-state index contributed by atoms with van der Waals surface area (Å²) in [4.78, 5) is 8.33. The predicted octanol–water partition coefficient (Wildman–Crippen LogP) is 3.89. The van der Waals surface area contributed by atoms with Gasteiger partial charge in [-0.3, -0.25) is 9.97 Å². The molecule has 0 amide bonds. The van der Waals surface area contributed by atoms with E-state index in [9.17, 15) is 4.39 Å². The zero-order valence-corrected chi connectivity index (χ0v) is 11.3. The van der Waals surface area contributed by atoms with Crippen LogP contribution in [0.2, 0.25) is 0 Å². The van der Waals surface area contributed by atoms with E-state index in [1.165, 1.54) is 12.1 Å². The zero-order chi connectivity index (χ0) is 14.5. The number of nitrogens with zero attached hydrogens (tertiary/aromatic N) is 2. The van der Waals surface area contributed by atoms with Gasteiger partial charge in [-0.1, -0.05) is 24.3 Å². The predicted molar refractivity (Wildman–Crippen MR) is 83.5 cm³/mol. The Morgan fingerprint density at radius 3 is 2.76 bits per heavy atom. The second-order valence-electron chi connectivity index (χ2n) is 4.59. The van der Waals surface area contributed by atoms with Gasteiger partial charge >= 0.3 is 0 Å². The molecule has 21 heavy (non-hydrogen) atoms. The summed E-state index contributed by atoms with van der Waals surface area (Å²) in [7, 11) is 0. The Morgan fingerprint density at radius 2 is 1.90 bits per heavy atom. The monoisotopic (exact) mass is 279 g/mol. The third-order valence-electron chi connectivity index (χ3n) is 3.14. The summed E-state index contributed by atoms with van der Waals surface area (Å²) in [6.45, 7) is 0.679. The third kappa shape index (κ3) is 3.23. The number of anilines is 1. The van der Waals surface area contributed by atoms with Gasteiger partial charge in [0.2, 0.25) is 0 Å². The highest BCUT2D eigenvalue weighted by atomic mass is 19.1. The lowest BCUT2D eigenvalue weighted by molar-refractivity contribution is 0.628. The van der Waals surface area contributed by atoms with Gasteiger partial charge < -0.3 is 5.32 Å². The van der Waals surface area contributed by atoms with E-state index in [0.29, 0.717) is 6.54 Å². The van der Waals surface area contributed by atoms with Crippen molar-refractivity contribution in [1.82, 2.24) is 9.97 Å². The first-order valence-corrected chi connectivity index (χ1v) is 6.68. The molecule has 2 heterocycles. The molecule has 0 saturated heterocycles. The quantitative estimate of drug-likeness (QED) is 0.787. The molecule has 0 aliphatic heterocycles. The van der Waals surface area contributed by atoms with Crippen molar-refractivity contribution >= 4 is 22.7 Å². The highest BCUT2D eigenvalue weighted by Crippen LogP contribution is 2.19. The number of rotatable bonds is 4. The Kier molecular flexibility index (Phi) is 3.87. The van der Waals surface area contributed by atoms with E-state index in [0.717, 1.165) is 22.2 Å². The summed E-state index contributed by atoms with van der Waals surface area (Å²) < 4.78 is 12.8. The minimum atomic E-state index is -0.220. The maximum Gasteiger partial charge on any atom is 0.123 e. The molecule has 0 saturated carbocycles. The smallest absolute Gasteiger partial charge is 0.123 e. The molecule has 1 aromatic carbocycles. The first-order chi connectivity index (χ1) is 10.3. The van der Waals surface area contributed by atoms with Crippen molar-refractivity contribution in [2.24, 2.45) is 0 Å². The Morgan fingerprint density at radius 1 is 1.05 bits per heavy atom. The summed E-state index contributed by atoms with van der Waals surface area (Å²) in [5.74, 6) is -0.220. The van der Waals surface area contributed by atoms with Gasteiger partial charge in [-0.15, -0.1) is 0 Å². The highest BCUT2D eigenvalue weighted by Gasteiger charge is 1.99. The third-order valence-corrected chi connectivity index (χ3v) is 3.14. The Bertz CT molecular complexity index is 761. The number of fused-ring (bicyclic) bond motifs is 1. The van der Waals surface area contributed by atoms with Crippen LogP contribution in [0.4, 0.5) is 10.1 Å². The lowest BCUT2D eigenvalue weighted by atomic mass is 10.2. The fourth-order valence-electron chi connectivity index (χ4n) is 2.09. The first kappa shape index (κ1) is 13.2. The molecule has 0 spiro atoms. The van der Waals surface area contributed by atoms with Gasteiger partial charge in [0.05, 0.1) is 11.7 Å². The summed E-state index contributed by atoms with van der Waals surface area (Å²) in [5, 5.41) is 4.38. The molecule has 3 nitrogen and oxygen atoms in total. The molecule has 0 unspecified atom stereocenters. The number of pyridine rings is 2. The highest BCUT2D eigenvalue weighted by molar-refractivity contribution is 5.90. The summed E-state index contributed by atoms with van der Waals surface area (Å²) >= 11 is 0. The topological polar surface area (TPSA) is 37.8 Å². The van der Waals surface area contributed by atoms with Crippen LogP contribution in [0, 0.1) is 5.82 Å². The van der Waals surface area contributed by atoms with Crippen LogP contribution < -0.4 is 5.32 Å². The van der Waals surface area contributed by atoms with E-state index in [-0.39, 0.29) is 5.82 Å². The minimum absolute atomic E-state index is 0.220. The van der Waals surface area contributed by atoms with Gasteiger partial charge in [0.25, 0.3) is 0 Å². The first-order valence-electron chi connectivity index (χ1n) is 6.68. The average molecular weight is 279 g/mol. The van der Waals surface area contributed by atoms with Gasteiger partial charge in [-0.2, -0.15) is 0 Å². The molecule has 0 fully saturated rings. The van der Waals surface area contributed by atoms with Crippen LogP contribution in [-0.2, 0) is 0 Å². The maximum atomic E-state index is 12.8. The zero-order valence-electron chi connectivity index (χ0n) is 11.3. The molecule has 0 atom stereocenters. The molecule has 0 radical (unpaired) electrons. The largest absolute Gasteiger partial charge is 0.381 e. The van der Waals surface area contributed by atoms with Gasteiger partial charge in [-0.25, -0.2) is 4.39 Å². The van der Waals surface area contributed by atoms with Crippen molar-refractivity contribution in [3.05, 3.63) is 72.4 Å². The van der Waals surface area contributed by atoms with Crippen LogP contribution in [0.25, 0.3) is 17.0 Å². The summed E-state index contributed by atoms with van der Waals surface area (Å²) in [6.07, 6.45) is 9.21. The van der Waals surface area contributed by atoms with Crippen molar-refractivity contribution in [3.8, 4) is 0 Å². The van der Waals surface area contributed by atoms with Crippen molar-refractivity contribution in [2.75, 3.05) is 11.9 Å². The molecular formula is C17H14FN3. The fraction of sp³-hybridized carbons (Fsp3) is 0.0588. The maximum absolute atomic E-state index is 12.8. The number of halogens is 1. The standard InChI is InChI=1S/C17H14FN3/c18-14-5-3-13(4-6-14)2-1-9-20-16-8-11-21-17-12-19-10-7-15(16)17/h1-8,10-12H,9H2,(H,20,21)/b2-1+. The summed E-state index contributed by atoms with van der Waals surface area (Å²) in [5.41, 5.74) is 2.86. The number of hydrogen-bond acceptors (Lipinski definition) is 3. The molecule has 3 aromatic rings. The Balaban J connectivity index is 1.68. The lowest BCUT2D eigenvalue weighted by Crippen LogP contribution is -1.99. The van der Waals surface area contributed by atoms with E-state index in [2.05, 4.69) is 15.3 Å². The molecular weight excluding hydrogens is 265 g/mol. The van der Waals surface area contributed by atoms with Crippen LogP contribution in [0.5, 0.6) is 0 Å². The Hall–Kier alpha value is -2.75. The van der Waals surface area contributed by atoms with Crippen molar-refractivity contribution in [2.45, 2.75) is 0 Å². The SMILES string of the molecule is Fc1ccc(/C=C/CNc2ccnc3cnccc23)cc1. The molecule has 2 aromatic heterocycles. The molecule has 0 bridgehead atoms. The number of benzene rings is 1. The van der Waals surface area contributed by atoms with Crippen LogP contribution in [0.15, 0.2) is 61.1 Å². The van der Waals surface area contributed by atoms with E-state index in [1.54, 1.807) is 30.7 Å². The van der Waals surface area contributed by atoms with Crippen LogP contribution >= 0.6 is 0 Å². The van der Waals surface area contributed by atoms with Gasteiger partial charge in [0.15, 0.2) is 0 Å². The van der Waals surface area contributed by atoms with Crippen LogP contribution in [-0.4, -0.2) is 16.5 Å². The fourth-order valence-corrected chi connectivity index (χ4v) is 2.09. The van der Waals surface area contributed by atoms with Crippen LogP contribution in [0.1, 0.15) is 5.56 Å². The molecule has 104 valence electrons. The van der Waals surface area contributed by atoms with Gasteiger partial charge in [0, 0.05) is 30.0 Å². The molecule has 4 heteroatoms. The van der Waals surface area contributed by atoms with Gasteiger partial charge in [-0.05, 0) is 29.8 Å². The van der Waals surface area contributed by atoms with E-state index in [1.807, 2.05) is 24.3 Å². The Labute approximate surface area is 122 Å². The second-order valence-corrected chi connectivity index (χ2v) is 4.59. The molecule has 1 N–H and O–H groups in total. The van der Waals surface area contributed by atoms with Crippen LogP contribution in [0.3, 0.4) is 0 Å². The number of hydrogen-bond donors (Lipinski definition) is 1. The van der Waals surface area contributed by atoms with Gasteiger partial charge in [0.1, 0.15) is 5.82 Å². The number of nitrogens with one attached hydrogen (secondary N) is 1. The van der Waals surface area contributed by atoms with E-state index < -0.39 is 0 Å². The van der Waals surface area contributed by atoms with E-state index in [4.69, 9.17) is 0 Å². The normalized spacial score (nSPS) is 11.1. The van der Waals surface area contributed by atoms with E-state index >= 15 is 0 Å². The number of aromatic nitrogens is 2. The molecule has 0 aliphatic carbocycles. The van der Waals surface area contributed by atoms with Crippen molar-refractivity contribution < 1.29 is 4.39 Å². The second kappa shape index (κ2) is 6.13. The molecule has 3 rings (SSSR count). The molecule has 0 aliphatic rings. The average Bonchev–Trinajstić information content (AvgIpc) is 2.53. The minimum Gasteiger partial charge on any atom is -0.381 e. The lowest BCUT2D eigenvalue weighted by Gasteiger charge is -2.06. The summed E-state index contributed by atoms with van der Waals surface area (Å²) in [6, 6.07) is 10.3.